The third-order valence-electron chi connectivity index (χ3n) is 1.91. The number of hydrogen-bond acceptors (Lipinski definition) is 3. The van der Waals surface area contributed by atoms with E-state index in [1.807, 2.05) is 6.92 Å². The van der Waals surface area contributed by atoms with Gasteiger partial charge in [-0.1, -0.05) is 13.8 Å². The highest BCUT2D eigenvalue weighted by Gasteiger charge is 2.08. The SMILES string of the molecule is Cc1nc(CC(N)CC(C)C)cs1. The van der Waals surface area contributed by atoms with Gasteiger partial charge in [0, 0.05) is 17.8 Å². The Hall–Kier alpha value is -0.410. The van der Waals surface area contributed by atoms with Crippen molar-refractivity contribution in [2.75, 3.05) is 0 Å². The molecule has 74 valence electrons. The van der Waals surface area contributed by atoms with Crippen molar-refractivity contribution < 1.29 is 0 Å². The van der Waals surface area contributed by atoms with Gasteiger partial charge in [-0.25, -0.2) is 4.98 Å². The highest BCUT2D eigenvalue weighted by molar-refractivity contribution is 7.09. The van der Waals surface area contributed by atoms with Gasteiger partial charge < -0.3 is 5.73 Å². The molecule has 1 unspecified atom stereocenters. The van der Waals surface area contributed by atoms with Crippen LogP contribution in [0.15, 0.2) is 5.38 Å². The van der Waals surface area contributed by atoms with Crippen LogP contribution in [0.3, 0.4) is 0 Å². The summed E-state index contributed by atoms with van der Waals surface area (Å²) in [6.45, 7) is 6.43. The summed E-state index contributed by atoms with van der Waals surface area (Å²) in [6.07, 6.45) is 2.00. The van der Waals surface area contributed by atoms with Crippen LogP contribution >= 0.6 is 11.3 Å². The molecule has 2 nitrogen and oxygen atoms in total. The van der Waals surface area contributed by atoms with Gasteiger partial charge in [0.2, 0.25) is 0 Å². The number of nitrogens with zero attached hydrogens (tertiary/aromatic N) is 1. The first-order valence-electron chi connectivity index (χ1n) is 4.74. The summed E-state index contributed by atoms with van der Waals surface area (Å²) in [7, 11) is 0. The first kappa shape index (κ1) is 10.7. The Bertz CT molecular complexity index is 255. The second-order valence-electron chi connectivity index (χ2n) is 3.95. The number of aryl methyl sites for hydroxylation is 1. The van der Waals surface area contributed by atoms with E-state index in [9.17, 15) is 0 Å². The van der Waals surface area contributed by atoms with Crippen molar-refractivity contribution in [2.24, 2.45) is 11.7 Å². The quantitative estimate of drug-likeness (QED) is 0.806. The normalized spacial score (nSPS) is 13.6. The van der Waals surface area contributed by atoms with Crippen molar-refractivity contribution in [3.8, 4) is 0 Å². The van der Waals surface area contributed by atoms with Crippen LogP contribution < -0.4 is 5.73 Å². The Morgan fingerprint density at radius 1 is 1.54 bits per heavy atom. The van der Waals surface area contributed by atoms with Gasteiger partial charge in [-0.3, -0.25) is 0 Å². The minimum absolute atomic E-state index is 0.265. The van der Waals surface area contributed by atoms with Crippen LogP contribution in [0.1, 0.15) is 31.0 Å². The summed E-state index contributed by atoms with van der Waals surface area (Å²) in [5.74, 6) is 0.676. The average molecular weight is 198 g/mol. The number of nitrogens with two attached hydrogens (primary N) is 1. The lowest BCUT2D eigenvalue weighted by atomic mass is 10.0. The highest BCUT2D eigenvalue weighted by atomic mass is 32.1. The molecule has 0 saturated heterocycles. The van der Waals surface area contributed by atoms with Gasteiger partial charge in [0.25, 0.3) is 0 Å². The first-order chi connectivity index (χ1) is 6.08. The van der Waals surface area contributed by atoms with Crippen molar-refractivity contribution in [3.05, 3.63) is 16.1 Å². The minimum atomic E-state index is 0.265. The molecule has 0 aromatic carbocycles. The second kappa shape index (κ2) is 4.72. The maximum atomic E-state index is 5.98. The second-order valence-corrected chi connectivity index (χ2v) is 5.01. The van der Waals surface area contributed by atoms with Crippen LogP contribution in [0.5, 0.6) is 0 Å². The predicted octanol–water partition coefficient (Wildman–Crippen LogP) is 2.37. The molecule has 1 aromatic rings. The predicted molar refractivity (Wildman–Crippen MR) is 58.0 cm³/mol. The molecule has 0 fully saturated rings. The van der Waals surface area contributed by atoms with Gasteiger partial charge in [0.05, 0.1) is 10.7 Å². The molecule has 0 spiro atoms. The Labute approximate surface area is 84.2 Å². The molecule has 1 aromatic heterocycles. The molecule has 1 heterocycles. The molecule has 0 aliphatic carbocycles. The van der Waals surface area contributed by atoms with Crippen molar-refractivity contribution >= 4 is 11.3 Å². The lowest BCUT2D eigenvalue weighted by Gasteiger charge is -2.11. The molecular formula is C10H18N2S. The summed E-state index contributed by atoms with van der Waals surface area (Å²) in [4.78, 5) is 4.40. The van der Waals surface area contributed by atoms with Crippen LogP contribution in [-0.4, -0.2) is 11.0 Å². The largest absolute Gasteiger partial charge is 0.327 e. The smallest absolute Gasteiger partial charge is 0.0897 e. The van der Waals surface area contributed by atoms with Crippen molar-refractivity contribution in [2.45, 2.75) is 39.7 Å². The van der Waals surface area contributed by atoms with E-state index in [0.717, 1.165) is 23.5 Å². The summed E-state index contributed by atoms with van der Waals surface area (Å²) in [5, 5.41) is 3.24. The van der Waals surface area contributed by atoms with Gasteiger partial charge in [-0.15, -0.1) is 11.3 Å². The van der Waals surface area contributed by atoms with Crippen LogP contribution in [0.25, 0.3) is 0 Å². The van der Waals surface area contributed by atoms with E-state index < -0.39 is 0 Å². The average Bonchev–Trinajstić information content (AvgIpc) is 2.33. The van der Waals surface area contributed by atoms with Crippen LogP contribution in [-0.2, 0) is 6.42 Å². The number of thiazole rings is 1. The number of hydrogen-bond donors (Lipinski definition) is 1. The maximum absolute atomic E-state index is 5.98. The van der Waals surface area contributed by atoms with Gasteiger partial charge in [-0.05, 0) is 19.3 Å². The molecule has 0 saturated carbocycles. The lowest BCUT2D eigenvalue weighted by Crippen LogP contribution is -2.24. The van der Waals surface area contributed by atoms with Crippen molar-refractivity contribution in [3.63, 3.8) is 0 Å². The molecule has 0 aliphatic heterocycles. The van der Waals surface area contributed by atoms with Crippen molar-refractivity contribution in [1.82, 2.24) is 4.98 Å². The van der Waals surface area contributed by atoms with E-state index in [-0.39, 0.29) is 6.04 Å². The Kier molecular flexibility index (Phi) is 3.88. The van der Waals surface area contributed by atoms with Crippen LogP contribution in [0.4, 0.5) is 0 Å². The zero-order chi connectivity index (χ0) is 9.84. The van der Waals surface area contributed by atoms with E-state index >= 15 is 0 Å². The zero-order valence-electron chi connectivity index (χ0n) is 8.58. The Morgan fingerprint density at radius 2 is 2.23 bits per heavy atom. The van der Waals surface area contributed by atoms with Gasteiger partial charge in [0.15, 0.2) is 0 Å². The monoisotopic (exact) mass is 198 g/mol. The van der Waals surface area contributed by atoms with E-state index in [0.29, 0.717) is 5.92 Å². The van der Waals surface area contributed by atoms with E-state index in [1.54, 1.807) is 11.3 Å². The third-order valence-corrected chi connectivity index (χ3v) is 2.73. The molecule has 0 radical (unpaired) electrons. The lowest BCUT2D eigenvalue weighted by molar-refractivity contribution is 0.491. The summed E-state index contributed by atoms with van der Waals surface area (Å²) in [5.41, 5.74) is 7.13. The summed E-state index contributed by atoms with van der Waals surface area (Å²) in [6, 6.07) is 0.265. The van der Waals surface area contributed by atoms with E-state index in [2.05, 4.69) is 24.2 Å². The highest BCUT2D eigenvalue weighted by Crippen LogP contribution is 2.12. The number of rotatable bonds is 4. The maximum Gasteiger partial charge on any atom is 0.0897 e. The van der Waals surface area contributed by atoms with Gasteiger partial charge in [0.1, 0.15) is 0 Å². The molecule has 0 amide bonds. The third kappa shape index (κ3) is 3.87. The summed E-state index contributed by atoms with van der Waals surface area (Å²) >= 11 is 1.70. The van der Waals surface area contributed by atoms with Gasteiger partial charge >= 0.3 is 0 Å². The minimum Gasteiger partial charge on any atom is -0.327 e. The number of aromatic nitrogens is 1. The molecule has 3 heteroatoms. The fourth-order valence-corrected chi connectivity index (χ4v) is 2.08. The molecule has 0 aliphatic rings. The topological polar surface area (TPSA) is 38.9 Å². The van der Waals surface area contributed by atoms with E-state index in [4.69, 9.17) is 5.73 Å². The Balaban J connectivity index is 2.40. The summed E-state index contributed by atoms with van der Waals surface area (Å²) < 4.78 is 0. The molecule has 1 rings (SSSR count). The van der Waals surface area contributed by atoms with Crippen LogP contribution in [0.2, 0.25) is 0 Å². The van der Waals surface area contributed by atoms with E-state index in [1.165, 1.54) is 0 Å². The molecule has 13 heavy (non-hydrogen) atoms. The molecular weight excluding hydrogens is 180 g/mol. The molecule has 2 N–H and O–H groups in total. The fraction of sp³-hybridized carbons (Fsp3) is 0.700. The molecule has 0 bridgehead atoms. The Morgan fingerprint density at radius 3 is 2.69 bits per heavy atom. The standard InChI is InChI=1S/C10H18N2S/c1-7(2)4-9(11)5-10-6-13-8(3)12-10/h6-7,9H,4-5,11H2,1-3H3. The van der Waals surface area contributed by atoms with Crippen molar-refractivity contribution in [1.29, 1.82) is 0 Å². The zero-order valence-corrected chi connectivity index (χ0v) is 9.40. The van der Waals surface area contributed by atoms with Gasteiger partial charge in [-0.2, -0.15) is 0 Å². The van der Waals surface area contributed by atoms with Crippen LogP contribution in [0, 0.1) is 12.8 Å². The first-order valence-corrected chi connectivity index (χ1v) is 5.62. The molecule has 1 atom stereocenters. The fourth-order valence-electron chi connectivity index (χ4n) is 1.46.